The maximum atomic E-state index is 3.38. The Balaban J connectivity index is 0.000000538. The van der Waals surface area contributed by atoms with Gasteiger partial charge in [0.25, 0.3) is 0 Å². The summed E-state index contributed by atoms with van der Waals surface area (Å²) in [5.41, 5.74) is 3.95. The number of allylic oxidation sites excluding steroid dienone is 2. The first-order valence-electron chi connectivity index (χ1n) is 7.81. The van der Waals surface area contributed by atoms with Crippen LogP contribution in [0.2, 0.25) is 0 Å². The molecule has 1 nitrogen and oxygen atoms in total. The third kappa shape index (κ3) is 5.09. The second-order valence-electron chi connectivity index (χ2n) is 3.48. The third-order valence-corrected chi connectivity index (χ3v) is 3.48. The summed E-state index contributed by atoms with van der Waals surface area (Å²) in [7, 11) is 0. The molecule has 1 aliphatic carbocycles. The van der Waals surface area contributed by atoms with Crippen LogP contribution in [-0.4, -0.2) is 5.88 Å². The van der Waals surface area contributed by atoms with Gasteiger partial charge in [0.15, 0.2) is 0 Å². The van der Waals surface area contributed by atoms with Gasteiger partial charge in [-0.2, -0.15) is 0 Å². The number of benzene rings is 1. The van der Waals surface area contributed by atoms with Crippen molar-refractivity contribution in [3.05, 3.63) is 35.4 Å². The molecule has 0 unspecified atom stereocenters. The summed E-state index contributed by atoms with van der Waals surface area (Å²) in [6.07, 6.45) is 9.88. The highest BCUT2D eigenvalue weighted by atomic mass is 32.2. The average molecular weight is 292 g/mol. The molecule has 0 bridgehead atoms. The van der Waals surface area contributed by atoms with Crippen LogP contribution in [0.1, 0.15) is 59.1 Å². The predicted molar refractivity (Wildman–Crippen MR) is 97.5 cm³/mol. The maximum Gasteiger partial charge on any atom is 0.0658 e. The lowest BCUT2D eigenvalue weighted by atomic mass is 10.1. The molecule has 2 aliphatic rings. The summed E-state index contributed by atoms with van der Waals surface area (Å²) in [4.78, 5) is 1.38. The first-order valence-corrected chi connectivity index (χ1v) is 8.80. The molecule has 0 spiro atoms. The number of fused-ring (bicyclic) bond motifs is 2. The molecule has 1 N–H and O–H groups in total. The van der Waals surface area contributed by atoms with Crippen LogP contribution in [0.25, 0.3) is 12.2 Å². The molecule has 20 heavy (non-hydrogen) atoms. The molecule has 0 atom stereocenters. The molecule has 3 rings (SSSR count). The number of anilines is 1. The number of thioether (sulfide) groups is 1. The zero-order valence-corrected chi connectivity index (χ0v) is 14.6. The molecule has 0 amide bonds. The van der Waals surface area contributed by atoms with Gasteiger partial charge in [-0.3, -0.25) is 0 Å². The molecule has 0 saturated heterocycles. The molecule has 1 heterocycles. The Morgan fingerprint density at radius 3 is 2.00 bits per heavy atom. The molecule has 1 aromatic rings. The van der Waals surface area contributed by atoms with Gasteiger partial charge >= 0.3 is 0 Å². The van der Waals surface area contributed by atoms with E-state index in [0.717, 1.165) is 12.3 Å². The van der Waals surface area contributed by atoms with Gasteiger partial charge in [0.2, 0.25) is 0 Å². The summed E-state index contributed by atoms with van der Waals surface area (Å²) in [5.74, 6) is 1.01. The Morgan fingerprint density at radius 1 is 0.850 bits per heavy atom. The fourth-order valence-corrected chi connectivity index (χ4v) is 2.70. The van der Waals surface area contributed by atoms with Crippen LogP contribution in [0.5, 0.6) is 0 Å². The van der Waals surface area contributed by atoms with Crippen LogP contribution in [0, 0.1) is 0 Å². The van der Waals surface area contributed by atoms with Crippen LogP contribution < -0.4 is 5.32 Å². The van der Waals surface area contributed by atoms with Gasteiger partial charge in [-0.25, -0.2) is 0 Å². The Hall–Kier alpha value is -1.15. The molecular formula is C18H29NS. The summed E-state index contributed by atoms with van der Waals surface area (Å²) in [5, 5.41) is 3.38. The Labute approximate surface area is 129 Å². The van der Waals surface area contributed by atoms with E-state index in [1.54, 1.807) is 0 Å². The topological polar surface area (TPSA) is 12.0 Å². The largest absolute Gasteiger partial charge is 0.375 e. The van der Waals surface area contributed by atoms with Crippen molar-refractivity contribution in [1.29, 1.82) is 0 Å². The van der Waals surface area contributed by atoms with Crippen LogP contribution >= 0.6 is 11.8 Å². The van der Waals surface area contributed by atoms with Crippen LogP contribution in [-0.2, 0) is 0 Å². The quantitative estimate of drug-likeness (QED) is 0.573. The molecule has 1 aromatic carbocycles. The minimum absolute atomic E-state index is 1.01. The predicted octanol–water partition coefficient (Wildman–Crippen LogP) is 6.67. The molecular weight excluding hydrogens is 262 g/mol. The van der Waals surface area contributed by atoms with Gasteiger partial charge in [-0.1, -0.05) is 65.8 Å². The van der Waals surface area contributed by atoms with E-state index < -0.39 is 0 Å². The Morgan fingerprint density at radius 2 is 1.40 bits per heavy atom. The average Bonchev–Trinajstić information content (AvgIpc) is 2.87. The summed E-state index contributed by atoms with van der Waals surface area (Å²) in [6, 6.07) is 4.53. The first-order chi connectivity index (χ1) is 9.93. The highest BCUT2D eigenvalue weighted by molar-refractivity contribution is 7.99. The standard InChI is InChI=1S/C12H11NS.3C2H6/c1-2-4-9-6-11-12(14-8-13-11)7-10(9)5-3-1;3*1-2/h2-7,13H,1,8H2;3*1-2H3. The molecule has 2 heteroatoms. The first kappa shape index (κ1) is 18.9. The molecule has 112 valence electrons. The van der Waals surface area contributed by atoms with E-state index in [9.17, 15) is 0 Å². The van der Waals surface area contributed by atoms with Gasteiger partial charge < -0.3 is 5.32 Å². The monoisotopic (exact) mass is 291 g/mol. The van der Waals surface area contributed by atoms with E-state index in [0.29, 0.717) is 0 Å². The number of hydrogen-bond acceptors (Lipinski definition) is 2. The summed E-state index contributed by atoms with van der Waals surface area (Å²) in [6.45, 7) is 12.0. The SMILES string of the molecule is C1=Cc2cc3c(cc2C=CC1)SCN3.CC.CC.CC. The third-order valence-electron chi connectivity index (χ3n) is 2.54. The van der Waals surface area contributed by atoms with E-state index in [1.807, 2.05) is 53.3 Å². The van der Waals surface area contributed by atoms with Crippen LogP contribution in [0.15, 0.2) is 29.2 Å². The molecule has 0 fully saturated rings. The Bertz CT molecular complexity index is 394. The minimum atomic E-state index is 1.01. The molecule has 0 radical (unpaired) electrons. The van der Waals surface area contributed by atoms with Crippen molar-refractivity contribution < 1.29 is 0 Å². The summed E-state index contributed by atoms with van der Waals surface area (Å²) >= 11 is 1.88. The van der Waals surface area contributed by atoms with Gasteiger partial charge in [-0.15, -0.1) is 11.8 Å². The van der Waals surface area contributed by atoms with Crippen molar-refractivity contribution in [1.82, 2.24) is 0 Å². The normalized spacial score (nSPS) is 12.9. The minimum Gasteiger partial charge on any atom is -0.375 e. The van der Waals surface area contributed by atoms with Crippen LogP contribution in [0.4, 0.5) is 5.69 Å². The molecule has 1 aliphatic heterocycles. The van der Waals surface area contributed by atoms with E-state index in [1.165, 1.54) is 21.7 Å². The van der Waals surface area contributed by atoms with Crippen molar-refractivity contribution in [2.75, 3.05) is 11.2 Å². The fraction of sp³-hybridized carbons (Fsp3) is 0.444. The van der Waals surface area contributed by atoms with E-state index in [-0.39, 0.29) is 0 Å². The van der Waals surface area contributed by atoms with E-state index >= 15 is 0 Å². The van der Waals surface area contributed by atoms with Crippen molar-refractivity contribution in [3.63, 3.8) is 0 Å². The summed E-state index contributed by atoms with van der Waals surface area (Å²) < 4.78 is 0. The lowest BCUT2D eigenvalue weighted by Gasteiger charge is -2.04. The van der Waals surface area contributed by atoms with Gasteiger partial charge in [0.1, 0.15) is 0 Å². The second kappa shape index (κ2) is 11.7. The number of rotatable bonds is 0. The highest BCUT2D eigenvalue weighted by Gasteiger charge is 2.12. The van der Waals surface area contributed by atoms with E-state index in [2.05, 4.69) is 41.8 Å². The van der Waals surface area contributed by atoms with Crippen LogP contribution in [0.3, 0.4) is 0 Å². The van der Waals surface area contributed by atoms with Gasteiger partial charge in [-0.05, 0) is 29.7 Å². The van der Waals surface area contributed by atoms with Gasteiger partial charge in [0, 0.05) is 10.6 Å². The zero-order valence-electron chi connectivity index (χ0n) is 13.8. The Kier molecular flexibility index (Phi) is 11.0. The van der Waals surface area contributed by atoms with Gasteiger partial charge in [0.05, 0.1) is 5.88 Å². The van der Waals surface area contributed by atoms with E-state index in [4.69, 9.17) is 0 Å². The van der Waals surface area contributed by atoms with Crippen molar-refractivity contribution in [2.24, 2.45) is 0 Å². The second-order valence-corrected chi connectivity index (χ2v) is 4.50. The van der Waals surface area contributed by atoms with Crippen molar-refractivity contribution in [2.45, 2.75) is 52.9 Å². The lowest BCUT2D eigenvalue weighted by Crippen LogP contribution is -1.89. The highest BCUT2D eigenvalue weighted by Crippen LogP contribution is 2.37. The fourth-order valence-electron chi connectivity index (χ4n) is 1.82. The lowest BCUT2D eigenvalue weighted by molar-refractivity contribution is 1.41. The van der Waals surface area contributed by atoms with Crippen molar-refractivity contribution >= 4 is 29.6 Å². The zero-order chi connectivity index (χ0) is 15.4. The molecule has 0 aromatic heterocycles. The van der Waals surface area contributed by atoms with Crippen molar-refractivity contribution in [3.8, 4) is 0 Å². The number of hydrogen-bond donors (Lipinski definition) is 1. The smallest absolute Gasteiger partial charge is 0.0658 e. The number of nitrogens with one attached hydrogen (secondary N) is 1. The molecule has 0 saturated carbocycles. The maximum absolute atomic E-state index is 3.38.